The summed E-state index contributed by atoms with van der Waals surface area (Å²) in [5.74, 6) is -3.99. The van der Waals surface area contributed by atoms with Gasteiger partial charge in [0.25, 0.3) is 0 Å². The maximum atomic E-state index is 12.4. The van der Waals surface area contributed by atoms with Crippen molar-refractivity contribution in [1.82, 2.24) is 0 Å². The molecule has 1 atom stereocenters. The van der Waals surface area contributed by atoms with Crippen molar-refractivity contribution in [3.05, 3.63) is 64.7 Å². The molecule has 1 heterocycles. The number of anilines is 1. The van der Waals surface area contributed by atoms with Crippen LogP contribution < -0.4 is 4.90 Å². The van der Waals surface area contributed by atoms with Crippen LogP contribution in [0.4, 0.5) is 5.69 Å². The number of carbonyl (C=O) groups excluding carboxylic acids is 4. The highest BCUT2D eigenvalue weighted by molar-refractivity contribution is 6.13. The second-order valence-corrected chi connectivity index (χ2v) is 6.52. The van der Waals surface area contributed by atoms with E-state index in [9.17, 15) is 19.2 Å². The minimum Gasteiger partial charge on any atom is -0.414 e. The van der Waals surface area contributed by atoms with Crippen molar-refractivity contribution in [1.29, 1.82) is 0 Å². The summed E-state index contributed by atoms with van der Waals surface area (Å²) in [7, 11) is 0. The highest BCUT2D eigenvalue weighted by Gasteiger charge is 2.50. The molecule has 0 saturated carbocycles. The largest absolute Gasteiger partial charge is 0.414 e. The van der Waals surface area contributed by atoms with E-state index < -0.39 is 29.5 Å². The number of fused-ring (bicyclic) bond motifs is 1. The molecule has 2 aromatic carbocycles. The Kier molecular flexibility index (Phi) is 4.77. The molecule has 0 saturated heterocycles. The highest BCUT2D eigenvalue weighted by Crippen LogP contribution is 2.44. The summed E-state index contributed by atoms with van der Waals surface area (Å²) in [6, 6.07) is 11.4. The Bertz CT molecular complexity index is 994. The van der Waals surface area contributed by atoms with E-state index in [-0.39, 0.29) is 5.56 Å². The molecule has 28 heavy (non-hydrogen) atoms. The summed E-state index contributed by atoms with van der Waals surface area (Å²) in [5, 5.41) is 0. The fraction of sp³-hybridized carbons (Fsp3) is 0.238. The van der Waals surface area contributed by atoms with Crippen LogP contribution in [0, 0.1) is 6.92 Å². The summed E-state index contributed by atoms with van der Waals surface area (Å²) < 4.78 is 11.0. The smallest absolute Gasteiger partial charge is 0.342 e. The van der Waals surface area contributed by atoms with Crippen LogP contribution in [0.25, 0.3) is 0 Å². The van der Waals surface area contributed by atoms with Gasteiger partial charge in [-0.3, -0.25) is 19.3 Å². The molecule has 144 valence electrons. The molecule has 7 heteroatoms. The number of carbonyl (C=O) groups is 4. The molecular weight excluding hydrogens is 362 g/mol. The number of cyclic esters (lactones) is 1. The van der Waals surface area contributed by atoms with Crippen molar-refractivity contribution in [3.8, 4) is 0 Å². The van der Waals surface area contributed by atoms with Gasteiger partial charge in [-0.15, -0.1) is 0 Å². The number of aryl methyl sites for hydroxylation is 1. The Labute approximate surface area is 161 Å². The summed E-state index contributed by atoms with van der Waals surface area (Å²) in [6.45, 7) is 5.51. The second kappa shape index (κ2) is 6.92. The zero-order valence-corrected chi connectivity index (χ0v) is 15.9. The van der Waals surface area contributed by atoms with Gasteiger partial charge in [-0.05, 0) is 30.7 Å². The molecule has 0 fully saturated rings. The third-order valence-electron chi connectivity index (χ3n) is 4.49. The minimum atomic E-state index is -1.79. The SMILES string of the molecule is CC(=O)OC1(c2ccc(C)c(N(C(C)=O)C(C)=O)c2)OC(=O)c2ccccc21. The van der Waals surface area contributed by atoms with Crippen molar-refractivity contribution in [2.75, 3.05) is 4.90 Å². The second-order valence-electron chi connectivity index (χ2n) is 6.52. The standard InChI is InChI=1S/C21H19NO6/c1-12-9-10-16(11-19(12)22(13(2)23)14(3)24)21(27-15(4)25)18-8-6-5-7-17(18)20(26)28-21/h5-11H,1-4H3. The summed E-state index contributed by atoms with van der Waals surface area (Å²) >= 11 is 0. The Hall–Kier alpha value is -3.48. The maximum absolute atomic E-state index is 12.4. The lowest BCUT2D eigenvalue weighted by molar-refractivity contribution is -0.191. The van der Waals surface area contributed by atoms with Gasteiger partial charge in [-0.1, -0.05) is 24.3 Å². The molecule has 0 bridgehead atoms. The molecule has 1 aliphatic heterocycles. The molecule has 2 aromatic rings. The van der Waals surface area contributed by atoms with E-state index >= 15 is 0 Å². The molecule has 7 nitrogen and oxygen atoms in total. The lowest BCUT2D eigenvalue weighted by Gasteiger charge is -2.30. The zero-order valence-electron chi connectivity index (χ0n) is 15.9. The van der Waals surface area contributed by atoms with Gasteiger partial charge < -0.3 is 9.47 Å². The number of hydrogen-bond acceptors (Lipinski definition) is 6. The van der Waals surface area contributed by atoms with Gasteiger partial charge in [0.15, 0.2) is 0 Å². The third-order valence-corrected chi connectivity index (χ3v) is 4.49. The average molecular weight is 381 g/mol. The van der Waals surface area contributed by atoms with Gasteiger partial charge in [0.05, 0.1) is 16.8 Å². The lowest BCUT2D eigenvalue weighted by atomic mass is 9.94. The van der Waals surface area contributed by atoms with Crippen LogP contribution in [0.3, 0.4) is 0 Å². The molecule has 0 N–H and O–H groups in total. The first-order valence-corrected chi connectivity index (χ1v) is 8.62. The third kappa shape index (κ3) is 3.05. The molecular formula is C21H19NO6. The van der Waals surface area contributed by atoms with Gasteiger partial charge in [0.1, 0.15) is 0 Å². The first-order valence-electron chi connectivity index (χ1n) is 8.62. The quantitative estimate of drug-likeness (QED) is 0.760. The normalized spacial score (nSPS) is 17.5. The topological polar surface area (TPSA) is 90.0 Å². The van der Waals surface area contributed by atoms with Crippen LogP contribution in [0.1, 0.15) is 47.8 Å². The fourth-order valence-corrected chi connectivity index (χ4v) is 3.36. The van der Waals surface area contributed by atoms with Crippen LogP contribution in [0.2, 0.25) is 0 Å². The van der Waals surface area contributed by atoms with E-state index in [1.165, 1.54) is 26.8 Å². The summed E-state index contributed by atoms with van der Waals surface area (Å²) in [4.78, 5) is 49.3. The number of ether oxygens (including phenoxy) is 2. The van der Waals surface area contributed by atoms with Gasteiger partial charge >= 0.3 is 17.7 Å². The number of rotatable bonds is 3. The van der Waals surface area contributed by atoms with Crippen LogP contribution >= 0.6 is 0 Å². The fourth-order valence-electron chi connectivity index (χ4n) is 3.36. The van der Waals surface area contributed by atoms with Crippen molar-refractivity contribution in [3.63, 3.8) is 0 Å². The Morgan fingerprint density at radius 1 is 1.00 bits per heavy atom. The maximum Gasteiger partial charge on any atom is 0.342 e. The molecule has 2 amide bonds. The number of hydrogen-bond donors (Lipinski definition) is 0. The van der Waals surface area contributed by atoms with E-state index in [4.69, 9.17) is 9.47 Å². The van der Waals surface area contributed by atoms with Gasteiger partial charge in [-0.25, -0.2) is 4.79 Å². The number of amides is 2. The highest BCUT2D eigenvalue weighted by atomic mass is 16.7. The van der Waals surface area contributed by atoms with E-state index in [1.807, 2.05) is 0 Å². The first kappa shape index (κ1) is 19.3. The van der Waals surface area contributed by atoms with Crippen LogP contribution in [-0.2, 0) is 29.6 Å². The monoisotopic (exact) mass is 381 g/mol. The number of benzene rings is 2. The Morgan fingerprint density at radius 3 is 2.25 bits per heavy atom. The van der Waals surface area contributed by atoms with Crippen molar-refractivity contribution in [2.24, 2.45) is 0 Å². The van der Waals surface area contributed by atoms with E-state index in [1.54, 1.807) is 43.3 Å². The van der Waals surface area contributed by atoms with Gasteiger partial charge in [-0.2, -0.15) is 0 Å². The average Bonchev–Trinajstić information content (AvgIpc) is 2.89. The van der Waals surface area contributed by atoms with E-state index in [2.05, 4.69) is 0 Å². The van der Waals surface area contributed by atoms with Crippen LogP contribution in [0.15, 0.2) is 42.5 Å². The molecule has 1 unspecified atom stereocenters. The number of imide groups is 1. The molecule has 0 spiro atoms. The van der Waals surface area contributed by atoms with Crippen LogP contribution in [-0.4, -0.2) is 23.8 Å². The molecule has 1 aliphatic rings. The Balaban J connectivity index is 2.26. The Morgan fingerprint density at radius 2 is 1.64 bits per heavy atom. The number of esters is 2. The van der Waals surface area contributed by atoms with E-state index in [0.29, 0.717) is 22.4 Å². The summed E-state index contributed by atoms with van der Waals surface area (Å²) in [6.07, 6.45) is 0. The van der Waals surface area contributed by atoms with Crippen LogP contribution in [0.5, 0.6) is 0 Å². The molecule has 0 aromatic heterocycles. The van der Waals surface area contributed by atoms with Crippen molar-refractivity contribution >= 4 is 29.4 Å². The molecule has 3 rings (SSSR count). The summed E-state index contributed by atoms with van der Waals surface area (Å²) in [5.41, 5.74) is 1.95. The van der Waals surface area contributed by atoms with Crippen molar-refractivity contribution in [2.45, 2.75) is 33.5 Å². The molecule has 0 aliphatic carbocycles. The van der Waals surface area contributed by atoms with Gasteiger partial charge in [0, 0.05) is 26.3 Å². The number of nitrogens with zero attached hydrogens (tertiary/aromatic N) is 1. The zero-order chi connectivity index (χ0) is 20.6. The predicted molar refractivity (Wildman–Crippen MR) is 99.4 cm³/mol. The van der Waals surface area contributed by atoms with E-state index in [0.717, 1.165) is 4.90 Å². The lowest BCUT2D eigenvalue weighted by Crippen LogP contribution is -2.36. The molecule has 0 radical (unpaired) electrons. The predicted octanol–water partition coefficient (Wildman–Crippen LogP) is 2.83. The van der Waals surface area contributed by atoms with Gasteiger partial charge in [0.2, 0.25) is 11.8 Å². The van der Waals surface area contributed by atoms with Crippen molar-refractivity contribution < 1.29 is 28.7 Å². The first-order chi connectivity index (χ1) is 13.2. The minimum absolute atomic E-state index is 0.279.